The molecule has 0 saturated heterocycles. The molecule has 0 aliphatic heterocycles. The van der Waals surface area contributed by atoms with Crippen molar-refractivity contribution in [3.63, 3.8) is 0 Å². The van der Waals surface area contributed by atoms with E-state index in [-0.39, 0.29) is 6.10 Å². The number of hydrogen-bond acceptors (Lipinski definition) is 6. The van der Waals surface area contributed by atoms with E-state index in [1.54, 1.807) is 18.5 Å². The van der Waals surface area contributed by atoms with Gasteiger partial charge in [0.1, 0.15) is 18.2 Å². The molecule has 1 aromatic carbocycles. The van der Waals surface area contributed by atoms with Crippen molar-refractivity contribution in [2.45, 2.75) is 25.9 Å². The Labute approximate surface area is 141 Å². The monoisotopic (exact) mass is 324 g/mol. The molecule has 1 aromatic heterocycles. The molecule has 124 valence electrons. The standard InChI is InChI=1S/C18H20N4O2/c1-2-23-9-10-24-16-8-7-15-17(16)20-12-21-18(15)22-14-5-3-13(11-19)4-6-14/h3-6,12,16H,2,7-10H2,1H3,(H,20,21,22). The van der Waals surface area contributed by atoms with Crippen LogP contribution >= 0.6 is 0 Å². The molecule has 0 bridgehead atoms. The summed E-state index contributed by atoms with van der Waals surface area (Å²) in [5.74, 6) is 0.806. The lowest BCUT2D eigenvalue weighted by molar-refractivity contribution is 0.00580. The molecule has 1 aliphatic rings. The minimum atomic E-state index is 0.00460. The molecule has 1 heterocycles. The van der Waals surface area contributed by atoms with Crippen molar-refractivity contribution in [2.24, 2.45) is 0 Å². The number of aromatic nitrogens is 2. The van der Waals surface area contributed by atoms with Crippen LogP contribution in [-0.2, 0) is 15.9 Å². The maximum absolute atomic E-state index is 8.86. The van der Waals surface area contributed by atoms with Gasteiger partial charge in [0.2, 0.25) is 0 Å². The zero-order valence-corrected chi connectivity index (χ0v) is 13.7. The van der Waals surface area contributed by atoms with Crippen molar-refractivity contribution in [3.05, 3.63) is 47.4 Å². The Kier molecular flexibility index (Phi) is 5.36. The summed E-state index contributed by atoms with van der Waals surface area (Å²) in [6.07, 6.45) is 3.36. The molecular weight excluding hydrogens is 304 g/mol. The lowest BCUT2D eigenvalue weighted by Crippen LogP contribution is -2.09. The first kappa shape index (κ1) is 16.4. The Morgan fingerprint density at radius 2 is 2.08 bits per heavy atom. The molecule has 0 spiro atoms. The second-order valence-corrected chi connectivity index (χ2v) is 5.50. The van der Waals surface area contributed by atoms with Crippen LogP contribution in [0.5, 0.6) is 0 Å². The number of nitrogens with one attached hydrogen (secondary N) is 1. The summed E-state index contributed by atoms with van der Waals surface area (Å²) in [5, 5.41) is 12.2. The Morgan fingerprint density at radius 1 is 1.25 bits per heavy atom. The van der Waals surface area contributed by atoms with Crippen LogP contribution in [0.1, 0.15) is 36.3 Å². The topological polar surface area (TPSA) is 80.1 Å². The summed E-state index contributed by atoms with van der Waals surface area (Å²) >= 11 is 0. The summed E-state index contributed by atoms with van der Waals surface area (Å²) < 4.78 is 11.2. The highest BCUT2D eigenvalue weighted by molar-refractivity contribution is 5.61. The second kappa shape index (κ2) is 7.86. The molecule has 1 aliphatic carbocycles. The molecule has 0 fully saturated rings. The number of nitriles is 1. The first-order valence-corrected chi connectivity index (χ1v) is 8.12. The van der Waals surface area contributed by atoms with E-state index in [2.05, 4.69) is 21.4 Å². The van der Waals surface area contributed by atoms with E-state index >= 15 is 0 Å². The van der Waals surface area contributed by atoms with Crippen molar-refractivity contribution >= 4 is 11.5 Å². The van der Waals surface area contributed by atoms with Gasteiger partial charge in [0.15, 0.2) is 0 Å². The van der Waals surface area contributed by atoms with Gasteiger partial charge in [-0.15, -0.1) is 0 Å². The van der Waals surface area contributed by atoms with Gasteiger partial charge < -0.3 is 14.8 Å². The molecule has 1 atom stereocenters. The fourth-order valence-corrected chi connectivity index (χ4v) is 2.79. The second-order valence-electron chi connectivity index (χ2n) is 5.50. The van der Waals surface area contributed by atoms with Gasteiger partial charge in [-0.2, -0.15) is 5.26 Å². The number of hydrogen-bond donors (Lipinski definition) is 1. The Bertz CT molecular complexity index is 725. The van der Waals surface area contributed by atoms with Gasteiger partial charge in [-0.25, -0.2) is 9.97 Å². The largest absolute Gasteiger partial charge is 0.379 e. The molecule has 0 saturated carbocycles. The molecule has 2 aromatic rings. The van der Waals surface area contributed by atoms with E-state index in [4.69, 9.17) is 14.7 Å². The molecule has 6 nitrogen and oxygen atoms in total. The first-order chi connectivity index (χ1) is 11.8. The van der Waals surface area contributed by atoms with E-state index in [1.165, 1.54) is 0 Å². The van der Waals surface area contributed by atoms with Gasteiger partial charge in [0, 0.05) is 17.9 Å². The van der Waals surface area contributed by atoms with E-state index in [0.717, 1.165) is 35.6 Å². The quantitative estimate of drug-likeness (QED) is 0.788. The Morgan fingerprint density at radius 3 is 2.83 bits per heavy atom. The lowest BCUT2D eigenvalue weighted by Gasteiger charge is -2.13. The molecule has 0 amide bonds. The fourth-order valence-electron chi connectivity index (χ4n) is 2.79. The first-order valence-electron chi connectivity index (χ1n) is 8.12. The summed E-state index contributed by atoms with van der Waals surface area (Å²) in [4.78, 5) is 8.77. The van der Waals surface area contributed by atoms with Crippen LogP contribution in [0.25, 0.3) is 0 Å². The Hall–Kier alpha value is -2.49. The number of benzene rings is 1. The zero-order valence-electron chi connectivity index (χ0n) is 13.7. The van der Waals surface area contributed by atoms with Crippen LogP contribution in [0.4, 0.5) is 11.5 Å². The van der Waals surface area contributed by atoms with Crippen LogP contribution in [0.15, 0.2) is 30.6 Å². The maximum Gasteiger partial charge on any atom is 0.137 e. The minimum Gasteiger partial charge on any atom is -0.379 e. The zero-order chi connectivity index (χ0) is 16.8. The highest BCUT2D eigenvalue weighted by atomic mass is 16.5. The predicted molar refractivity (Wildman–Crippen MR) is 90.0 cm³/mol. The fraction of sp³-hybridized carbons (Fsp3) is 0.389. The Balaban J connectivity index is 1.70. The average molecular weight is 324 g/mol. The van der Waals surface area contributed by atoms with Crippen molar-refractivity contribution in [1.82, 2.24) is 9.97 Å². The van der Waals surface area contributed by atoms with E-state index < -0.39 is 0 Å². The third-order valence-corrected chi connectivity index (χ3v) is 3.97. The van der Waals surface area contributed by atoms with Gasteiger partial charge in [0.05, 0.1) is 30.5 Å². The smallest absolute Gasteiger partial charge is 0.137 e. The van der Waals surface area contributed by atoms with Crippen molar-refractivity contribution in [2.75, 3.05) is 25.1 Å². The molecule has 1 unspecified atom stereocenters. The van der Waals surface area contributed by atoms with E-state index in [9.17, 15) is 0 Å². The number of fused-ring (bicyclic) bond motifs is 1. The van der Waals surface area contributed by atoms with Gasteiger partial charge in [0.25, 0.3) is 0 Å². The SMILES string of the molecule is CCOCCOC1CCc2c(Nc3ccc(C#N)cc3)ncnc21. The van der Waals surface area contributed by atoms with Crippen LogP contribution in [0.2, 0.25) is 0 Å². The van der Waals surface area contributed by atoms with Gasteiger partial charge in [-0.3, -0.25) is 0 Å². The predicted octanol–water partition coefficient (Wildman–Crippen LogP) is 3.13. The number of rotatable bonds is 7. The average Bonchev–Trinajstić information content (AvgIpc) is 3.04. The van der Waals surface area contributed by atoms with Crippen molar-refractivity contribution < 1.29 is 9.47 Å². The summed E-state index contributed by atoms with van der Waals surface area (Å²) in [7, 11) is 0. The maximum atomic E-state index is 8.86. The third-order valence-electron chi connectivity index (χ3n) is 3.97. The van der Waals surface area contributed by atoms with Gasteiger partial charge in [-0.05, 0) is 44.0 Å². The summed E-state index contributed by atoms with van der Waals surface area (Å²) in [5.41, 5.74) is 3.59. The van der Waals surface area contributed by atoms with Crippen LogP contribution < -0.4 is 5.32 Å². The molecule has 0 radical (unpaired) electrons. The van der Waals surface area contributed by atoms with Gasteiger partial charge >= 0.3 is 0 Å². The summed E-state index contributed by atoms with van der Waals surface area (Å²) in [6.45, 7) is 3.84. The van der Waals surface area contributed by atoms with E-state index in [0.29, 0.717) is 25.4 Å². The van der Waals surface area contributed by atoms with E-state index in [1.807, 2.05) is 19.1 Å². The normalized spacial score (nSPS) is 15.8. The minimum absolute atomic E-state index is 0.00460. The van der Waals surface area contributed by atoms with Crippen molar-refractivity contribution in [3.8, 4) is 6.07 Å². The third kappa shape index (κ3) is 3.70. The van der Waals surface area contributed by atoms with Crippen LogP contribution in [-0.4, -0.2) is 29.8 Å². The molecular formula is C18H20N4O2. The van der Waals surface area contributed by atoms with Crippen LogP contribution in [0, 0.1) is 11.3 Å². The lowest BCUT2D eigenvalue weighted by atomic mass is 10.2. The number of nitrogens with zero attached hydrogens (tertiary/aromatic N) is 3. The molecule has 6 heteroatoms. The van der Waals surface area contributed by atoms with Gasteiger partial charge in [-0.1, -0.05) is 0 Å². The van der Waals surface area contributed by atoms with Crippen molar-refractivity contribution in [1.29, 1.82) is 5.26 Å². The van der Waals surface area contributed by atoms with Crippen LogP contribution in [0.3, 0.4) is 0 Å². The molecule has 1 N–H and O–H groups in total. The molecule has 3 rings (SSSR count). The highest BCUT2D eigenvalue weighted by Crippen LogP contribution is 2.36. The highest BCUT2D eigenvalue weighted by Gasteiger charge is 2.27. The summed E-state index contributed by atoms with van der Waals surface area (Å²) in [6, 6.07) is 9.42. The number of anilines is 2. The number of ether oxygens (including phenoxy) is 2. The molecule has 24 heavy (non-hydrogen) atoms.